The fourth-order valence-electron chi connectivity index (χ4n) is 2.91. The Balaban J connectivity index is 1.84. The summed E-state index contributed by atoms with van der Waals surface area (Å²) in [6, 6.07) is 0. The van der Waals surface area contributed by atoms with Gasteiger partial charge >= 0.3 is 5.76 Å². The fraction of sp³-hybridized carbons (Fsp3) is 1.00. The number of nitrogens with one attached hydrogen (secondary N) is 1. The molecule has 0 amide bonds. The first kappa shape index (κ1) is 11.3. The van der Waals surface area contributed by atoms with E-state index in [0.29, 0.717) is 11.8 Å². The first-order valence-electron chi connectivity index (χ1n) is 5.25. The Bertz CT molecular complexity index is 331. The Hall–Kier alpha value is -0.230. The number of fused-ring (bicyclic) bond motifs is 2. The monoisotopic (exact) mass is 239 g/mol. The molecule has 15 heavy (non-hydrogen) atoms. The summed E-state index contributed by atoms with van der Waals surface area (Å²) in [6.45, 7) is 0.188. The van der Waals surface area contributed by atoms with Gasteiger partial charge in [-0.05, 0) is 37.0 Å². The highest BCUT2D eigenvalue weighted by Gasteiger charge is 2.40. The summed E-state index contributed by atoms with van der Waals surface area (Å²) in [5.41, 5.74) is 0. The Morgan fingerprint density at radius 2 is 2.00 bits per heavy atom. The predicted molar refractivity (Wildman–Crippen MR) is 51.9 cm³/mol. The zero-order valence-corrected chi connectivity index (χ0v) is 9.14. The second-order valence-electron chi connectivity index (χ2n) is 4.59. The molecule has 0 saturated heterocycles. The van der Waals surface area contributed by atoms with E-state index in [9.17, 15) is 17.2 Å². The smallest absolute Gasteiger partial charge is 0.210 e. The maximum atomic E-state index is 12.0. The summed E-state index contributed by atoms with van der Waals surface area (Å²) in [5, 5.41) is 0. The minimum absolute atomic E-state index is 0.188. The average Bonchev–Trinajstić information content (AvgIpc) is 2.75. The normalized spacial score (nSPS) is 35.3. The average molecular weight is 239 g/mol. The van der Waals surface area contributed by atoms with Gasteiger partial charge in [0.05, 0.1) is 0 Å². The van der Waals surface area contributed by atoms with Crippen LogP contribution in [0.25, 0.3) is 0 Å². The van der Waals surface area contributed by atoms with Gasteiger partial charge in [-0.15, -0.1) is 0 Å². The van der Waals surface area contributed by atoms with E-state index >= 15 is 0 Å². The van der Waals surface area contributed by atoms with Crippen LogP contribution in [-0.4, -0.2) is 20.7 Å². The van der Waals surface area contributed by atoms with Crippen LogP contribution in [-0.2, 0) is 10.0 Å². The molecule has 0 heterocycles. The van der Waals surface area contributed by atoms with Crippen molar-refractivity contribution in [2.45, 2.75) is 31.4 Å². The van der Waals surface area contributed by atoms with E-state index in [1.54, 1.807) is 0 Å². The maximum absolute atomic E-state index is 12.0. The quantitative estimate of drug-likeness (QED) is 0.809. The molecule has 2 aliphatic rings. The van der Waals surface area contributed by atoms with E-state index in [2.05, 4.69) is 0 Å². The molecule has 2 aliphatic carbocycles. The van der Waals surface area contributed by atoms with Gasteiger partial charge < -0.3 is 0 Å². The molecule has 0 aromatic carbocycles. The van der Waals surface area contributed by atoms with Gasteiger partial charge in [0, 0.05) is 6.54 Å². The second kappa shape index (κ2) is 3.97. The summed E-state index contributed by atoms with van der Waals surface area (Å²) >= 11 is 0. The molecule has 6 heteroatoms. The van der Waals surface area contributed by atoms with Crippen molar-refractivity contribution in [2.75, 3.05) is 6.54 Å². The second-order valence-corrected chi connectivity index (χ2v) is 6.32. The molecule has 0 aromatic rings. The Kier molecular flexibility index (Phi) is 2.98. The summed E-state index contributed by atoms with van der Waals surface area (Å²) in [5.74, 6) is -1.78. The van der Waals surface area contributed by atoms with Crippen molar-refractivity contribution in [1.82, 2.24) is 4.72 Å². The van der Waals surface area contributed by atoms with E-state index < -0.39 is 15.8 Å². The van der Waals surface area contributed by atoms with E-state index in [4.69, 9.17) is 0 Å². The molecule has 88 valence electrons. The molecule has 2 bridgehead atoms. The van der Waals surface area contributed by atoms with Crippen LogP contribution in [0.4, 0.5) is 8.78 Å². The highest BCUT2D eigenvalue weighted by atomic mass is 32.2. The topological polar surface area (TPSA) is 46.2 Å². The number of sulfonamides is 1. The van der Waals surface area contributed by atoms with Gasteiger partial charge in [0.2, 0.25) is 0 Å². The van der Waals surface area contributed by atoms with Crippen LogP contribution < -0.4 is 4.72 Å². The van der Waals surface area contributed by atoms with Gasteiger partial charge in [-0.1, -0.05) is 6.42 Å². The molecule has 3 nitrogen and oxygen atoms in total. The van der Waals surface area contributed by atoms with Crippen LogP contribution in [0.1, 0.15) is 25.7 Å². The molecule has 0 spiro atoms. The van der Waals surface area contributed by atoms with E-state index in [1.807, 2.05) is 4.72 Å². The van der Waals surface area contributed by atoms with Crippen molar-refractivity contribution in [2.24, 2.45) is 17.8 Å². The Morgan fingerprint density at radius 1 is 1.27 bits per heavy atom. The van der Waals surface area contributed by atoms with Crippen LogP contribution in [0.5, 0.6) is 0 Å². The first-order chi connectivity index (χ1) is 6.99. The summed E-state index contributed by atoms with van der Waals surface area (Å²) < 4.78 is 47.7. The first-order valence-corrected chi connectivity index (χ1v) is 6.80. The highest BCUT2D eigenvalue weighted by molar-refractivity contribution is 7.89. The molecule has 0 radical (unpaired) electrons. The molecular formula is C9H15F2NO2S. The minimum Gasteiger partial charge on any atom is -0.210 e. The van der Waals surface area contributed by atoms with Crippen LogP contribution >= 0.6 is 0 Å². The number of hydrogen-bond donors (Lipinski definition) is 1. The fourth-order valence-corrected chi connectivity index (χ4v) is 3.49. The van der Waals surface area contributed by atoms with Gasteiger partial charge in [0.15, 0.2) is 0 Å². The Labute approximate surface area is 88.3 Å². The van der Waals surface area contributed by atoms with Gasteiger partial charge in [0.1, 0.15) is 0 Å². The molecule has 3 unspecified atom stereocenters. The summed E-state index contributed by atoms with van der Waals surface area (Å²) in [6.07, 6.45) is 4.51. The SMILES string of the molecule is O=S(=O)(NCC1CC2CCC1C2)C(F)F. The molecule has 2 rings (SSSR count). The maximum Gasteiger partial charge on any atom is 0.350 e. The van der Waals surface area contributed by atoms with Crippen molar-refractivity contribution < 1.29 is 17.2 Å². The molecule has 2 fully saturated rings. The molecule has 2 saturated carbocycles. The molecule has 0 aromatic heterocycles. The van der Waals surface area contributed by atoms with Gasteiger partial charge in [-0.3, -0.25) is 0 Å². The zero-order valence-electron chi connectivity index (χ0n) is 8.33. The Morgan fingerprint density at radius 3 is 2.47 bits per heavy atom. The highest BCUT2D eigenvalue weighted by Crippen LogP contribution is 2.47. The lowest BCUT2D eigenvalue weighted by Crippen LogP contribution is -2.35. The lowest BCUT2D eigenvalue weighted by atomic mass is 9.89. The largest absolute Gasteiger partial charge is 0.350 e. The minimum atomic E-state index is -4.39. The van der Waals surface area contributed by atoms with E-state index in [0.717, 1.165) is 19.3 Å². The number of rotatable bonds is 4. The van der Waals surface area contributed by atoms with Crippen LogP contribution in [0, 0.1) is 17.8 Å². The third kappa shape index (κ3) is 2.30. The van der Waals surface area contributed by atoms with Gasteiger partial charge in [-0.2, -0.15) is 8.78 Å². The van der Waals surface area contributed by atoms with Crippen molar-refractivity contribution in [1.29, 1.82) is 0 Å². The van der Waals surface area contributed by atoms with Crippen molar-refractivity contribution >= 4 is 10.0 Å². The number of alkyl halides is 2. The van der Waals surface area contributed by atoms with Crippen LogP contribution in [0.15, 0.2) is 0 Å². The third-order valence-corrected chi connectivity index (χ3v) is 4.70. The number of halogens is 2. The molecular weight excluding hydrogens is 224 g/mol. The van der Waals surface area contributed by atoms with Gasteiger partial charge in [0.25, 0.3) is 10.0 Å². The lowest BCUT2D eigenvalue weighted by Gasteiger charge is -2.21. The summed E-state index contributed by atoms with van der Waals surface area (Å²) in [7, 11) is -4.39. The van der Waals surface area contributed by atoms with Crippen molar-refractivity contribution in [3.63, 3.8) is 0 Å². The van der Waals surface area contributed by atoms with Crippen LogP contribution in [0.2, 0.25) is 0 Å². The zero-order chi connectivity index (χ0) is 11.1. The lowest BCUT2D eigenvalue weighted by molar-refractivity contribution is 0.230. The third-order valence-electron chi connectivity index (χ3n) is 3.67. The molecule has 0 aliphatic heterocycles. The van der Waals surface area contributed by atoms with Crippen molar-refractivity contribution in [3.8, 4) is 0 Å². The predicted octanol–water partition coefficient (Wildman–Crippen LogP) is 1.56. The van der Waals surface area contributed by atoms with Crippen LogP contribution in [0.3, 0.4) is 0 Å². The van der Waals surface area contributed by atoms with Gasteiger partial charge in [-0.25, -0.2) is 13.1 Å². The standard InChI is InChI=1S/C9H15F2NO2S/c10-9(11)15(13,14)12-5-8-4-6-1-2-7(8)3-6/h6-9,12H,1-5H2. The van der Waals surface area contributed by atoms with Crippen molar-refractivity contribution in [3.05, 3.63) is 0 Å². The molecule has 1 N–H and O–H groups in total. The van der Waals surface area contributed by atoms with E-state index in [-0.39, 0.29) is 12.5 Å². The molecule has 3 atom stereocenters. The number of hydrogen-bond acceptors (Lipinski definition) is 2. The summed E-state index contributed by atoms with van der Waals surface area (Å²) in [4.78, 5) is 0. The van der Waals surface area contributed by atoms with E-state index in [1.165, 1.54) is 6.42 Å².